The van der Waals surface area contributed by atoms with Gasteiger partial charge in [-0.2, -0.15) is 0 Å². The van der Waals surface area contributed by atoms with Gasteiger partial charge in [0.05, 0.1) is 12.1 Å². The minimum atomic E-state index is -0.291. The summed E-state index contributed by atoms with van der Waals surface area (Å²) in [7, 11) is 0. The maximum Gasteiger partial charge on any atom is 0.355 e. The molecular weight excluding hydrogens is 238 g/mol. The van der Waals surface area contributed by atoms with Gasteiger partial charge >= 0.3 is 5.97 Å². The average molecular weight is 253 g/mol. The third kappa shape index (κ3) is 1.78. The summed E-state index contributed by atoms with van der Waals surface area (Å²) < 4.78 is 5.08. The third-order valence-electron chi connectivity index (χ3n) is 3.44. The second-order valence-corrected chi connectivity index (χ2v) is 4.55. The Balaban J connectivity index is 2.30. The number of nitrogens with one attached hydrogen (secondary N) is 1. The third-order valence-corrected chi connectivity index (χ3v) is 3.44. The number of hydrogen-bond acceptors (Lipinski definition) is 2. The Morgan fingerprint density at radius 1 is 1.16 bits per heavy atom. The molecule has 0 radical (unpaired) electrons. The van der Waals surface area contributed by atoms with Gasteiger partial charge in [0.2, 0.25) is 0 Å². The Labute approximate surface area is 111 Å². The van der Waals surface area contributed by atoms with Crippen molar-refractivity contribution in [1.29, 1.82) is 0 Å². The van der Waals surface area contributed by atoms with E-state index in [1.165, 1.54) is 0 Å². The lowest BCUT2D eigenvalue weighted by Crippen LogP contribution is -2.06. The molecule has 19 heavy (non-hydrogen) atoms. The molecule has 3 aromatic rings. The summed E-state index contributed by atoms with van der Waals surface area (Å²) in [6.07, 6.45) is 0. The Kier molecular flexibility index (Phi) is 2.75. The van der Waals surface area contributed by atoms with E-state index in [0.717, 1.165) is 27.2 Å². The number of fused-ring (bicyclic) bond motifs is 3. The zero-order chi connectivity index (χ0) is 13.4. The number of rotatable bonds is 2. The Hall–Kier alpha value is -2.29. The van der Waals surface area contributed by atoms with Gasteiger partial charge in [-0.05, 0) is 24.8 Å². The molecule has 1 aromatic heterocycles. The molecule has 0 atom stereocenters. The molecule has 0 saturated carbocycles. The van der Waals surface area contributed by atoms with E-state index in [1.54, 1.807) is 0 Å². The van der Waals surface area contributed by atoms with Crippen LogP contribution in [0.3, 0.4) is 0 Å². The average Bonchev–Trinajstić information content (AvgIpc) is 2.77. The molecule has 0 unspecified atom stereocenters. The van der Waals surface area contributed by atoms with Crippen LogP contribution in [-0.2, 0) is 4.74 Å². The Morgan fingerprint density at radius 2 is 1.95 bits per heavy atom. The molecule has 96 valence electrons. The number of carbonyl (C=O) groups is 1. The van der Waals surface area contributed by atoms with Crippen molar-refractivity contribution in [1.82, 2.24) is 4.98 Å². The molecule has 0 aliphatic rings. The van der Waals surface area contributed by atoms with Crippen LogP contribution < -0.4 is 0 Å². The monoisotopic (exact) mass is 253 g/mol. The van der Waals surface area contributed by atoms with Crippen molar-refractivity contribution in [3.05, 3.63) is 47.7 Å². The highest BCUT2D eigenvalue weighted by Gasteiger charge is 2.16. The van der Waals surface area contributed by atoms with Gasteiger partial charge in [0.25, 0.3) is 0 Å². The van der Waals surface area contributed by atoms with E-state index in [2.05, 4.69) is 23.2 Å². The molecular formula is C16H15NO2. The zero-order valence-electron chi connectivity index (χ0n) is 11.0. The number of H-pyrrole nitrogens is 1. The van der Waals surface area contributed by atoms with E-state index in [0.29, 0.717) is 12.3 Å². The predicted molar refractivity (Wildman–Crippen MR) is 76.5 cm³/mol. The van der Waals surface area contributed by atoms with Crippen LogP contribution in [0.5, 0.6) is 0 Å². The van der Waals surface area contributed by atoms with Gasteiger partial charge in [0.15, 0.2) is 0 Å². The van der Waals surface area contributed by atoms with Crippen molar-refractivity contribution in [3.8, 4) is 0 Å². The number of ether oxygens (including phenoxy) is 1. The maximum absolute atomic E-state index is 11.9. The van der Waals surface area contributed by atoms with Gasteiger partial charge in [-0.15, -0.1) is 0 Å². The van der Waals surface area contributed by atoms with E-state index >= 15 is 0 Å². The number of aromatic amines is 1. The summed E-state index contributed by atoms with van der Waals surface area (Å²) in [5.41, 5.74) is 2.49. The molecule has 0 amide bonds. The van der Waals surface area contributed by atoms with E-state index in [-0.39, 0.29) is 5.97 Å². The largest absolute Gasteiger partial charge is 0.461 e. The lowest BCUT2D eigenvalue weighted by atomic mass is 10.1. The van der Waals surface area contributed by atoms with Gasteiger partial charge in [0, 0.05) is 10.8 Å². The Morgan fingerprint density at radius 3 is 2.74 bits per heavy atom. The van der Waals surface area contributed by atoms with Gasteiger partial charge in [-0.25, -0.2) is 4.79 Å². The van der Waals surface area contributed by atoms with Crippen LogP contribution in [0.15, 0.2) is 36.4 Å². The van der Waals surface area contributed by atoms with Gasteiger partial charge in [-0.1, -0.05) is 36.4 Å². The van der Waals surface area contributed by atoms with Crippen LogP contribution in [0.25, 0.3) is 21.7 Å². The molecule has 1 heterocycles. The molecule has 2 aromatic carbocycles. The summed E-state index contributed by atoms with van der Waals surface area (Å²) in [5.74, 6) is -0.291. The molecule has 3 rings (SSSR count). The summed E-state index contributed by atoms with van der Waals surface area (Å²) in [6.45, 7) is 4.14. The summed E-state index contributed by atoms with van der Waals surface area (Å²) in [6, 6.07) is 12.3. The van der Waals surface area contributed by atoms with Crippen LogP contribution >= 0.6 is 0 Å². The first kappa shape index (κ1) is 11.8. The second kappa shape index (κ2) is 4.43. The standard InChI is InChI=1S/C16H15NO2/c1-3-19-16(18)14-10(2)12-9-8-11-6-4-5-7-13(11)15(12)17-14/h4-9,17H,3H2,1-2H3. The SMILES string of the molecule is CCOC(=O)c1[nH]c2c(ccc3ccccc32)c1C. The summed E-state index contributed by atoms with van der Waals surface area (Å²) in [5, 5.41) is 3.35. The van der Waals surface area contributed by atoms with Crippen molar-refractivity contribution in [2.75, 3.05) is 6.61 Å². The van der Waals surface area contributed by atoms with Crippen molar-refractivity contribution in [2.24, 2.45) is 0 Å². The molecule has 0 spiro atoms. The maximum atomic E-state index is 11.9. The van der Waals surface area contributed by atoms with Crippen molar-refractivity contribution in [3.63, 3.8) is 0 Å². The van der Waals surface area contributed by atoms with E-state index in [4.69, 9.17) is 4.74 Å². The smallest absolute Gasteiger partial charge is 0.355 e. The number of esters is 1. The summed E-state index contributed by atoms with van der Waals surface area (Å²) in [4.78, 5) is 15.1. The molecule has 1 N–H and O–H groups in total. The van der Waals surface area contributed by atoms with Gasteiger partial charge in [0.1, 0.15) is 5.69 Å². The fourth-order valence-electron chi connectivity index (χ4n) is 2.48. The van der Waals surface area contributed by atoms with Gasteiger partial charge < -0.3 is 9.72 Å². The first-order valence-corrected chi connectivity index (χ1v) is 6.39. The highest BCUT2D eigenvalue weighted by molar-refractivity contribution is 6.10. The van der Waals surface area contributed by atoms with Crippen molar-refractivity contribution < 1.29 is 9.53 Å². The van der Waals surface area contributed by atoms with Crippen LogP contribution in [-0.4, -0.2) is 17.6 Å². The fraction of sp³-hybridized carbons (Fsp3) is 0.188. The molecule has 0 bridgehead atoms. The molecule has 0 aliphatic carbocycles. The molecule has 0 fully saturated rings. The van der Waals surface area contributed by atoms with Gasteiger partial charge in [-0.3, -0.25) is 0 Å². The van der Waals surface area contributed by atoms with Crippen LogP contribution in [0.2, 0.25) is 0 Å². The fourth-order valence-corrected chi connectivity index (χ4v) is 2.48. The number of aromatic nitrogens is 1. The number of benzene rings is 2. The first-order chi connectivity index (χ1) is 9.22. The highest BCUT2D eigenvalue weighted by Crippen LogP contribution is 2.29. The first-order valence-electron chi connectivity index (χ1n) is 6.39. The van der Waals surface area contributed by atoms with Crippen molar-refractivity contribution in [2.45, 2.75) is 13.8 Å². The van der Waals surface area contributed by atoms with E-state index in [9.17, 15) is 4.79 Å². The topological polar surface area (TPSA) is 42.1 Å². The number of hydrogen-bond donors (Lipinski definition) is 1. The van der Waals surface area contributed by atoms with E-state index < -0.39 is 0 Å². The minimum Gasteiger partial charge on any atom is -0.461 e. The van der Waals surface area contributed by atoms with E-state index in [1.807, 2.05) is 32.0 Å². The Bertz CT molecular complexity index is 771. The normalized spacial score (nSPS) is 11.1. The lowest BCUT2D eigenvalue weighted by Gasteiger charge is -1.99. The number of aryl methyl sites for hydroxylation is 1. The van der Waals surface area contributed by atoms with Crippen LogP contribution in [0.4, 0.5) is 0 Å². The van der Waals surface area contributed by atoms with Crippen LogP contribution in [0, 0.1) is 6.92 Å². The summed E-state index contributed by atoms with van der Waals surface area (Å²) >= 11 is 0. The zero-order valence-corrected chi connectivity index (χ0v) is 11.0. The molecule has 0 saturated heterocycles. The highest BCUT2D eigenvalue weighted by atomic mass is 16.5. The lowest BCUT2D eigenvalue weighted by molar-refractivity contribution is 0.0520. The second-order valence-electron chi connectivity index (χ2n) is 4.55. The minimum absolute atomic E-state index is 0.291. The van der Waals surface area contributed by atoms with Crippen molar-refractivity contribution >= 4 is 27.6 Å². The van der Waals surface area contributed by atoms with Crippen LogP contribution in [0.1, 0.15) is 23.0 Å². The molecule has 3 nitrogen and oxygen atoms in total. The molecule has 3 heteroatoms. The quantitative estimate of drug-likeness (QED) is 0.706. The molecule has 0 aliphatic heterocycles. The number of carbonyl (C=O) groups excluding carboxylic acids is 1. The predicted octanol–water partition coefficient (Wildman–Crippen LogP) is 3.81.